The van der Waals surface area contributed by atoms with E-state index in [1.165, 1.54) is 0 Å². The third-order valence-corrected chi connectivity index (χ3v) is 2.73. The first-order valence-electron chi connectivity index (χ1n) is 6.39. The number of para-hydroxylation sites is 1. The number of nitrogens with one attached hydrogen (secondary N) is 2. The number of hydrogen-bond acceptors (Lipinski definition) is 5. The summed E-state index contributed by atoms with van der Waals surface area (Å²) in [6, 6.07) is 5.57. The molecule has 0 bridgehead atoms. The summed E-state index contributed by atoms with van der Waals surface area (Å²) in [4.78, 5) is 11.6. The largest absolute Gasteiger partial charge is 0.493 e. The van der Waals surface area contributed by atoms with Crippen LogP contribution in [0.25, 0.3) is 0 Å². The molecule has 0 spiro atoms. The Bertz CT molecular complexity index is 429. The molecule has 0 atom stereocenters. The summed E-state index contributed by atoms with van der Waals surface area (Å²) >= 11 is 0. The lowest BCUT2D eigenvalue weighted by Gasteiger charge is -2.13. The molecule has 7 heteroatoms. The highest BCUT2D eigenvalue weighted by atomic mass is 35.5. The number of hydrogen-bond donors (Lipinski definition) is 2. The molecule has 2 N–H and O–H groups in total. The van der Waals surface area contributed by atoms with Crippen molar-refractivity contribution >= 4 is 18.3 Å². The van der Waals surface area contributed by atoms with E-state index in [2.05, 4.69) is 10.6 Å². The average molecular weight is 319 g/mol. The molecule has 0 aliphatic rings. The first-order valence-corrected chi connectivity index (χ1v) is 6.39. The van der Waals surface area contributed by atoms with E-state index in [4.69, 9.17) is 14.2 Å². The summed E-state index contributed by atoms with van der Waals surface area (Å²) in [7, 11) is 4.78. The maximum Gasteiger partial charge on any atom is 0.234 e. The van der Waals surface area contributed by atoms with Crippen LogP contribution < -0.4 is 20.1 Å². The molecule has 1 aromatic rings. The number of benzene rings is 1. The van der Waals surface area contributed by atoms with Crippen molar-refractivity contribution in [2.75, 3.05) is 41.0 Å². The van der Waals surface area contributed by atoms with E-state index in [-0.39, 0.29) is 24.9 Å². The Morgan fingerprint density at radius 3 is 2.57 bits per heavy atom. The van der Waals surface area contributed by atoms with Crippen LogP contribution in [0, 0.1) is 0 Å². The van der Waals surface area contributed by atoms with Gasteiger partial charge in [0.05, 0.1) is 27.4 Å². The monoisotopic (exact) mass is 318 g/mol. The summed E-state index contributed by atoms with van der Waals surface area (Å²) in [5.41, 5.74) is 0.872. The molecule has 1 aromatic carbocycles. The molecule has 0 fully saturated rings. The van der Waals surface area contributed by atoms with Gasteiger partial charge in [0.1, 0.15) is 0 Å². The van der Waals surface area contributed by atoms with Gasteiger partial charge in [0.2, 0.25) is 5.91 Å². The number of ether oxygens (including phenoxy) is 3. The molecule has 1 rings (SSSR count). The van der Waals surface area contributed by atoms with Gasteiger partial charge >= 0.3 is 0 Å². The van der Waals surface area contributed by atoms with Crippen LogP contribution in [0.4, 0.5) is 0 Å². The van der Waals surface area contributed by atoms with Crippen molar-refractivity contribution in [3.8, 4) is 11.5 Å². The number of amides is 1. The van der Waals surface area contributed by atoms with Gasteiger partial charge in [0, 0.05) is 25.8 Å². The van der Waals surface area contributed by atoms with E-state index in [1.54, 1.807) is 21.3 Å². The fourth-order valence-electron chi connectivity index (χ4n) is 1.73. The van der Waals surface area contributed by atoms with Gasteiger partial charge in [-0.2, -0.15) is 0 Å². The first-order chi connectivity index (χ1) is 9.72. The van der Waals surface area contributed by atoms with Crippen LogP contribution in [0.15, 0.2) is 18.2 Å². The van der Waals surface area contributed by atoms with Crippen LogP contribution in [0.3, 0.4) is 0 Å². The number of rotatable bonds is 9. The Kier molecular flexibility index (Phi) is 10.4. The van der Waals surface area contributed by atoms with E-state index in [0.29, 0.717) is 31.2 Å². The van der Waals surface area contributed by atoms with Crippen molar-refractivity contribution in [3.63, 3.8) is 0 Å². The standard InChI is InChI=1S/C14H22N2O4.ClH/c1-18-8-7-15-10-13(17)16-9-11-5-4-6-12(19-2)14(11)20-3;/h4-6,15H,7-10H2,1-3H3,(H,16,17);1H. The Morgan fingerprint density at radius 2 is 1.95 bits per heavy atom. The minimum Gasteiger partial charge on any atom is -0.493 e. The molecule has 0 heterocycles. The summed E-state index contributed by atoms with van der Waals surface area (Å²) < 4.78 is 15.4. The Hall–Kier alpha value is -1.50. The van der Waals surface area contributed by atoms with Crippen LogP contribution in [-0.2, 0) is 16.1 Å². The van der Waals surface area contributed by atoms with Crippen molar-refractivity contribution in [3.05, 3.63) is 23.8 Å². The Balaban J connectivity index is 0.00000400. The van der Waals surface area contributed by atoms with Crippen LogP contribution in [0.2, 0.25) is 0 Å². The molecule has 0 aliphatic heterocycles. The van der Waals surface area contributed by atoms with Crippen LogP contribution in [-0.4, -0.2) is 46.9 Å². The molecule has 21 heavy (non-hydrogen) atoms. The van der Waals surface area contributed by atoms with Gasteiger partial charge in [-0.1, -0.05) is 12.1 Å². The van der Waals surface area contributed by atoms with Crippen molar-refractivity contribution in [1.29, 1.82) is 0 Å². The second-order valence-electron chi connectivity index (χ2n) is 4.10. The fraction of sp³-hybridized carbons (Fsp3) is 0.500. The predicted octanol–water partition coefficient (Wildman–Crippen LogP) is 0.978. The Morgan fingerprint density at radius 1 is 1.19 bits per heavy atom. The highest BCUT2D eigenvalue weighted by Gasteiger charge is 2.10. The molecule has 0 aromatic heterocycles. The normalized spacial score (nSPS) is 9.67. The molecule has 0 unspecified atom stereocenters. The molecule has 0 aliphatic carbocycles. The van der Waals surface area contributed by atoms with Crippen molar-refractivity contribution in [2.24, 2.45) is 0 Å². The van der Waals surface area contributed by atoms with E-state index in [1.807, 2.05) is 18.2 Å². The highest BCUT2D eigenvalue weighted by Crippen LogP contribution is 2.30. The highest BCUT2D eigenvalue weighted by molar-refractivity contribution is 5.85. The lowest BCUT2D eigenvalue weighted by molar-refractivity contribution is -0.120. The topological polar surface area (TPSA) is 68.8 Å². The zero-order valence-corrected chi connectivity index (χ0v) is 13.4. The summed E-state index contributed by atoms with van der Waals surface area (Å²) in [5.74, 6) is 1.21. The SMILES string of the molecule is COCCNCC(=O)NCc1cccc(OC)c1OC.Cl. The zero-order chi connectivity index (χ0) is 14.8. The van der Waals surface area contributed by atoms with Crippen LogP contribution in [0.5, 0.6) is 11.5 Å². The fourth-order valence-corrected chi connectivity index (χ4v) is 1.73. The van der Waals surface area contributed by atoms with E-state index in [0.717, 1.165) is 5.56 Å². The lowest BCUT2D eigenvalue weighted by atomic mass is 10.2. The van der Waals surface area contributed by atoms with Crippen molar-refractivity contribution in [1.82, 2.24) is 10.6 Å². The molecular formula is C14H23ClN2O4. The minimum atomic E-state index is -0.0778. The molecule has 0 radical (unpaired) electrons. The molecular weight excluding hydrogens is 296 g/mol. The minimum absolute atomic E-state index is 0. The quantitative estimate of drug-likeness (QED) is 0.664. The van der Waals surface area contributed by atoms with Crippen LogP contribution >= 0.6 is 12.4 Å². The van der Waals surface area contributed by atoms with E-state index < -0.39 is 0 Å². The van der Waals surface area contributed by atoms with Gasteiger partial charge < -0.3 is 24.8 Å². The zero-order valence-electron chi connectivity index (χ0n) is 12.6. The average Bonchev–Trinajstić information content (AvgIpc) is 2.48. The summed E-state index contributed by atoms with van der Waals surface area (Å²) in [5, 5.41) is 5.80. The number of carbonyl (C=O) groups is 1. The van der Waals surface area contributed by atoms with Crippen molar-refractivity contribution in [2.45, 2.75) is 6.54 Å². The second-order valence-corrected chi connectivity index (χ2v) is 4.10. The van der Waals surface area contributed by atoms with Gasteiger partial charge in [-0.3, -0.25) is 4.79 Å². The lowest BCUT2D eigenvalue weighted by Crippen LogP contribution is -2.34. The number of carbonyl (C=O) groups excluding carboxylic acids is 1. The number of halogens is 1. The van der Waals surface area contributed by atoms with Gasteiger partial charge in [-0.15, -0.1) is 12.4 Å². The molecule has 0 saturated carbocycles. The Labute approximate surface area is 131 Å². The smallest absolute Gasteiger partial charge is 0.234 e. The maximum absolute atomic E-state index is 11.6. The van der Waals surface area contributed by atoms with Crippen molar-refractivity contribution < 1.29 is 19.0 Å². The predicted molar refractivity (Wildman–Crippen MR) is 83.4 cm³/mol. The molecule has 6 nitrogen and oxygen atoms in total. The van der Waals surface area contributed by atoms with E-state index >= 15 is 0 Å². The first kappa shape index (κ1) is 19.5. The second kappa shape index (κ2) is 11.2. The summed E-state index contributed by atoms with van der Waals surface area (Å²) in [6.45, 7) is 1.88. The third kappa shape index (κ3) is 6.66. The number of methoxy groups -OCH3 is 3. The molecule has 120 valence electrons. The molecule has 1 amide bonds. The summed E-state index contributed by atoms with van der Waals surface area (Å²) in [6.07, 6.45) is 0. The van der Waals surface area contributed by atoms with Gasteiger partial charge in [-0.05, 0) is 6.07 Å². The maximum atomic E-state index is 11.6. The van der Waals surface area contributed by atoms with Crippen LogP contribution in [0.1, 0.15) is 5.56 Å². The third-order valence-electron chi connectivity index (χ3n) is 2.73. The van der Waals surface area contributed by atoms with Gasteiger partial charge in [0.15, 0.2) is 11.5 Å². The van der Waals surface area contributed by atoms with Gasteiger partial charge in [0.25, 0.3) is 0 Å². The molecule has 0 saturated heterocycles. The van der Waals surface area contributed by atoms with Gasteiger partial charge in [-0.25, -0.2) is 0 Å². The van der Waals surface area contributed by atoms with E-state index in [9.17, 15) is 4.79 Å².